The van der Waals surface area contributed by atoms with Gasteiger partial charge in [0.05, 0.1) is 17.7 Å². The second-order valence-corrected chi connectivity index (χ2v) is 8.48. The van der Waals surface area contributed by atoms with Crippen molar-refractivity contribution in [2.24, 2.45) is 0 Å². The van der Waals surface area contributed by atoms with Crippen LogP contribution in [-0.4, -0.2) is 57.9 Å². The molecule has 1 fully saturated rings. The van der Waals surface area contributed by atoms with E-state index in [2.05, 4.69) is 15.5 Å². The predicted molar refractivity (Wildman–Crippen MR) is 122 cm³/mol. The van der Waals surface area contributed by atoms with Crippen LogP contribution in [0.1, 0.15) is 20.3 Å². The van der Waals surface area contributed by atoms with Crippen LogP contribution in [0.3, 0.4) is 0 Å². The van der Waals surface area contributed by atoms with Crippen LogP contribution in [0.2, 0.25) is 5.02 Å². The molecule has 2 N–H and O–H groups in total. The molecule has 8 nitrogen and oxygen atoms in total. The van der Waals surface area contributed by atoms with E-state index in [1.165, 1.54) is 0 Å². The summed E-state index contributed by atoms with van der Waals surface area (Å²) in [6.45, 7) is 5.46. The quantitative estimate of drug-likeness (QED) is 0.514. The fraction of sp³-hybridized carbons (Fsp3) is 0.348. The molecule has 9 heteroatoms. The Hall–Kier alpha value is -3.10. The van der Waals surface area contributed by atoms with Gasteiger partial charge in [0.25, 0.3) is 5.89 Å². The highest BCUT2D eigenvalue weighted by Crippen LogP contribution is 2.31. The second kappa shape index (κ2) is 9.58. The molecule has 0 saturated carbocycles. The number of ether oxygens (including phenoxy) is 1. The average Bonchev–Trinajstić information content (AvgIpc) is 3.39. The number of hydrogen-bond donors (Lipinski definition) is 2. The van der Waals surface area contributed by atoms with Gasteiger partial charge in [-0.15, -0.1) is 0 Å². The lowest BCUT2D eigenvalue weighted by atomic mass is 10.1. The van der Waals surface area contributed by atoms with Gasteiger partial charge in [-0.1, -0.05) is 16.8 Å². The highest BCUT2D eigenvalue weighted by molar-refractivity contribution is 6.32. The first-order valence-electron chi connectivity index (χ1n) is 10.5. The Morgan fingerprint density at radius 1 is 1.28 bits per heavy atom. The van der Waals surface area contributed by atoms with Gasteiger partial charge in [0, 0.05) is 35.9 Å². The first-order valence-corrected chi connectivity index (χ1v) is 10.9. The highest BCUT2D eigenvalue weighted by Gasteiger charge is 2.23. The molecule has 0 spiro atoms. The van der Waals surface area contributed by atoms with Gasteiger partial charge in [-0.3, -0.25) is 9.69 Å². The van der Waals surface area contributed by atoms with E-state index in [4.69, 9.17) is 26.0 Å². The topological polar surface area (TPSA) is 101 Å². The first-order chi connectivity index (χ1) is 15.4. The highest BCUT2D eigenvalue weighted by atomic mass is 35.5. The summed E-state index contributed by atoms with van der Waals surface area (Å²) in [7, 11) is 0. The number of aromatic nitrogens is 2. The van der Waals surface area contributed by atoms with Gasteiger partial charge in [0.2, 0.25) is 5.82 Å². The lowest BCUT2D eigenvalue weighted by Gasteiger charge is -2.15. The number of hydrogen-bond acceptors (Lipinski definition) is 7. The van der Waals surface area contributed by atoms with Gasteiger partial charge >= 0.3 is 5.97 Å². The number of likely N-dealkylation sites (tertiary alicyclic amines) is 1. The molecule has 0 aliphatic carbocycles. The molecule has 1 aliphatic rings. The van der Waals surface area contributed by atoms with E-state index in [0.29, 0.717) is 29.0 Å². The van der Waals surface area contributed by atoms with Crippen LogP contribution < -0.4 is 10.1 Å². The molecule has 32 heavy (non-hydrogen) atoms. The van der Waals surface area contributed by atoms with Crippen molar-refractivity contribution in [2.75, 3.05) is 25.0 Å². The zero-order chi connectivity index (χ0) is 22.7. The number of carboxylic acids is 1. The van der Waals surface area contributed by atoms with Crippen LogP contribution in [-0.2, 0) is 4.79 Å². The van der Waals surface area contributed by atoms with Crippen LogP contribution in [0.4, 0.5) is 5.69 Å². The lowest BCUT2D eigenvalue weighted by Crippen LogP contribution is -2.30. The van der Waals surface area contributed by atoms with Crippen molar-refractivity contribution in [3.05, 3.63) is 47.5 Å². The number of carbonyl (C=O) groups is 1. The van der Waals surface area contributed by atoms with Gasteiger partial charge in [-0.25, -0.2) is 0 Å². The van der Waals surface area contributed by atoms with Crippen LogP contribution >= 0.6 is 11.6 Å². The van der Waals surface area contributed by atoms with Gasteiger partial charge in [-0.05, 0) is 62.7 Å². The maximum atomic E-state index is 10.9. The second-order valence-electron chi connectivity index (χ2n) is 8.07. The van der Waals surface area contributed by atoms with E-state index < -0.39 is 5.97 Å². The molecule has 4 rings (SSSR count). The van der Waals surface area contributed by atoms with Crippen molar-refractivity contribution < 1.29 is 19.2 Å². The minimum atomic E-state index is -0.795. The summed E-state index contributed by atoms with van der Waals surface area (Å²) in [6, 6.07) is 13.4. The van der Waals surface area contributed by atoms with Gasteiger partial charge in [-0.2, -0.15) is 4.98 Å². The zero-order valence-corrected chi connectivity index (χ0v) is 18.7. The van der Waals surface area contributed by atoms with Crippen molar-refractivity contribution >= 4 is 23.3 Å². The van der Waals surface area contributed by atoms with Gasteiger partial charge < -0.3 is 19.7 Å². The molecule has 1 saturated heterocycles. The Morgan fingerprint density at radius 3 is 2.72 bits per heavy atom. The fourth-order valence-electron chi connectivity index (χ4n) is 3.68. The van der Waals surface area contributed by atoms with Crippen LogP contribution in [0.25, 0.3) is 22.8 Å². The first kappa shape index (κ1) is 22.1. The maximum Gasteiger partial charge on any atom is 0.317 e. The summed E-state index contributed by atoms with van der Waals surface area (Å²) in [4.78, 5) is 17.3. The summed E-state index contributed by atoms with van der Waals surface area (Å²) in [5, 5.41) is 16.9. The summed E-state index contributed by atoms with van der Waals surface area (Å²) >= 11 is 6.32. The van der Waals surface area contributed by atoms with E-state index in [-0.39, 0.29) is 18.7 Å². The van der Waals surface area contributed by atoms with Crippen LogP contribution in [0.5, 0.6) is 5.75 Å². The van der Waals surface area contributed by atoms with E-state index in [1.807, 2.05) is 49.1 Å². The summed E-state index contributed by atoms with van der Waals surface area (Å²) in [5.41, 5.74) is 2.51. The van der Waals surface area contributed by atoms with E-state index in [0.717, 1.165) is 29.8 Å². The van der Waals surface area contributed by atoms with E-state index in [1.54, 1.807) is 12.1 Å². The Morgan fingerprint density at radius 2 is 2.03 bits per heavy atom. The number of nitrogens with one attached hydrogen (secondary N) is 1. The normalized spacial score (nSPS) is 16.4. The molecule has 0 radical (unpaired) electrons. The molecule has 0 amide bonds. The number of benzene rings is 2. The maximum absolute atomic E-state index is 10.9. The molecular weight excluding hydrogens is 432 g/mol. The third-order valence-electron chi connectivity index (χ3n) is 5.11. The third kappa shape index (κ3) is 5.38. The monoisotopic (exact) mass is 456 g/mol. The number of carboxylic acid groups (broad SMARTS) is 1. The number of nitrogens with zero attached hydrogens (tertiary/aromatic N) is 3. The molecule has 0 bridgehead atoms. The smallest absolute Gasteiger partial charge is 0.317 e. The van der Waals surface area contributed by atoms with E-state index in [9.17, 15) is 4.79 Å². The van der Waals surface area contributed by atoms with Crippen molar-refractivity contribution in [1.29, 1.82) is 0 Å². The number of aliphatic carboxylic acids is 1. The minimum absolute atomic E-state index is 0.0323. The molecule has 1 atom stereocenters. The summed E-state index contributed by atoms with van der Waals surface area (Å²) in [5.74, 6) is 0.685. The third-order valence-corrected chi connectivity index (χ3v) is 5.41. The van der Waals surface area contributed by atoms with Crippen molar-refractivity contribution in [1.82, 2.24) is 15.0 Å². The Labute approximate surface area is 191 Å². The average molecular weight is 457 g/mol. The predicted octanol–water partition coefficient (Wildman–Crippen LogP) is 4.42. The Bertz CT molecular complexity index is 1080. The molecule has 2 aromatic carbocycles. The number of anilines is 1. The van der Waals surface area contributed by atoms with Gasteiger partial charge in [0.1, 0.15) is 5.75 Å². The fourth-order valence-corrected chi connectivity index (χ4v) is 3.90. The molecule has 3 aromatic rings. The van der Waals surface area contributed by atoms with Gasteiger partial charge in [0.15, 0.2) is 0 Å². The summed E-state index contributed by atoms with van der Waals surface area (Å²) < 4.78 is 11.1. The van der Waals surface area contributed by atoms with Crippen LogP contribution in [0.15, 0.2) is 47.0 Å². The molecule has 1 aliphatic heterocycles. The van der Waals surface area contributed by atoms with Crippen LogP contribution in [0, 0.1) is 0 Å². The van der Waals surface area contributed by atoms with Crippen molar-refractivity contribution in [3.63, 3.8) is 0 Å². The number of halogens is 1. The minimum Gasteiger partial charge on any atom is -0.489 e. The van der Waals surface area contributed by atoms with Crippen molar-refractivity contribution in [3.8, 4) is 28.6 Å². The standard InChI is InChI=1S/C23H25ClN4O4/c1-14(2)31-20-8-5-16(11-19(20)24)22-26-23(32-27-22)15-3-6-17(7-4-15)25-18-9-10-28(12-18)13-21(29)30/h3-8,11,14,18,25H,9-10,12-13H2,1-2H3,(H,29,30)/t18-/m0/s1. The number of rotatable bonds is 8. The lowest BCUT2D eigenvalue weighted by molar-refractivity contribution is -0.138. The molecule has 168 valence electrons. The Kier molecular flexibility index (Phi) is 6.62. The Balaban J connectivity index is 1.40. The molecule has 0 unspecified atom stereocenters. The van der Waals surface area contributed by atoms with Crippen molar-refractivity contribution in [2.45, 2.75) is 32.4 Å². The molecular formula is C23H25ClN4O4. The molecule has 2 heterocycles. The van der Waals surface area contributed by atoms with E-state index >= 15 is 0 Å². The largest absolute Gasteiger partial charge is 0.489 e. The SMILES string of the molecule is CC(C)Oc1ccc(-c2noc(-c3ccc(N[C@H]4CCN(CC(=O)O)C4)cc3)n2)cc1Cl. The zero-order valence-electron chi connectivity index (χ0n) is 17.9. The molecule has 1 aromatic heterocycles. The summed E-state index contributed by atoms with van der Waals surface area (Å²) in [6.07, 6.45) is 0.941.